The van der Waals surface area contributed by atoms with Crippen LogP contribution in [0.4, 0.5) is 10.1 Å². The molecular formula is C24H21FN2O2. The van der Waals surface area contributed by atoms with Crippen LogP contribution in [-0.4, -0.2) is 17.4 Å². The van der Waals surface area contributed by atoms with Crippen molar-refractivity contribution in [2.24, 2.45) is 0 Å². The maximum Gasteiger partial charge on any atom is 0.259 e. The fraction of sp³-hybridized carbons (Fsp3) is 0.167. The molecule has 1 aliphatic rings. The summed E-state index contributed by atoms with van der Waals surface area (Å²) >= 11 is 0. The molecular weight excluding hydrogens is 367 g/mol. The van der Waals surface area contributed by atoms with E-state index in [0.717, 1.165) is 11.1 Å². The number of nitrogens with zero attached hydrogens (tertiary/aromatic N) is 1. The second kappa shape index (κ2) is 7.51. The van der Waals surface area contributed by atoms with Crippen molar-refractivity contribution in [3.8, 4) is 0 Å². The first kappa shape index (κ1) is 18.9. The Morgan fingerprint density at radius 2 is 1.66 bits per heavy atom. The van der Waals surface area contributed by atoms with Crippen LogP contribution in [0.3, 0.4) is 0 Å². The molecule has 0 bridgehead atoms. The molecule has 146 valence electrons. The molecule has 5 heteroatoms. The Bertz CT molecular complexity index is 1050. The van der Waals surface area contributed by atoms with Crippen molar-refractivity contribution in [1.82, 2.24) is 5.32 Å². The lowest BCUT2D eigenvalue weighted by Gasteiger charge is -2.44. The van der Waals surface area contributed by atoms with E-state index in [0.29, 0.717) is 24.2 Å². The summed E-state index contributed by atoms with van der Waals surface area (Å²) in [6.07, 6.45) is 0.368. The minimum absolute atomic E-state index is 0.256. The molecule has 4 rings (SSSR count). The summed E-state index contributed by atoms with van der Waals surface area (Å²) in [5.41, 5.74) is 1.71. The monoisotopic (exact) mass is 388 g/mol. The average molecular weight is 388 g/mol. The highest BCUT2D eigenvalue weighted by Crippen LogP contribution is 2.35. The van der Waals surface area contributed by atoms with Gasteiger partial charge in [0, 0.05) is 24.2 Å². The standard InChI is InChI=1S/C24H21FN2O2/c1-24(23(29)26-16-17-7-3-2-4-8-17)15-18-9-5-6-10-21(18)22(28)27(24)20-13-11-19(25)12-14-20/h2-14H,15-16H2,1H3,(H,26,29)/t24-/m0/s1. The third-order valence-electron chi connectivity index (χ3n) is 5.35. The number of benzene rings is 3. The van der Waals surface area contributed by atoms with Gasteiger partial charge in [-0.05, 0) is 48.4 Å². The largest absolute Gasteiger partial charge is 0.350 e. The Morgan fingerprint density at radius 3 is 2.38 bits per heavy atom. The van der Waals surface area contributed by atoms with Gasteiger partial charge in [0.1, 0.15) is 11.4 Å². The van der Waals surface area contributed by atoms with Gasteiger partial charge < -0.3 is 5.32 Å². The Hall–Kier alpha value is -3.47. The van der Waals surface area contributed by atoms with Crippen LogP contribution >= 0.6 is 0 Å². The smallest absolute Gasteiger partial charge is 0.259 e. The Balaban J connectivity index is 1.71. The number of hydrogen-bond donors (Lipinski definition) is 1. The molecule has 29 heavy (non-hydrogen) atoms. The van der Waals surface area contributed by atoms with Crippen molar-refractivity contribution in [3.05, 3.63) is 101 Å². The first-order valence-corrected chi connectivity index (χ1v) is 9.49. The normalized spacial score (nSPS) is 18.3. The molecule has 0 fully saturated rings. The number of amides is 2. The molecule has 4 nitrogen and oxygen atoms in total. The Labute approximate surface area is 169 Å². The zero-order valence-electron chi connectivity index (χ0n) is 16.1. The lowest BCUT2D eigenvalue weighted by atomic mass is 9.82. The van der Waals surface area contributed by atoms with Crippen molar-refractivity contribution in [1.29, 1.82) is 0 Å². The molecule has 0 aromatic heterocycles. The number of carbonyl (C=O) groups is 2. The van der Waals surface area contributed by atoms with E-state index in [2.05, 4.69) is 5.32 Å². The van der Waals surface area contributed by atoms with Gasteiger partial charge in [0.05, 0.1) is 0 Å². The molecule has 0 saturated heterocycles. The highest BCUT2D eigenvalue weighted by atomic mass is 19.1. The van der Waals surface area contributed by atoms with Crippen LogP contribution in [0.1, 0.15) is 28.4 Å². The van der Waals surface area contributed by atoms with Gasteiger partial charge in [0.15, 0.2) is 0 Å². The number of nitrogens with one attached hydrogen (secondary N) is 1. The van der Waals surface area contributed by atoms with Gasteiger partial charge in [-0.25, -0.2) is 4.39 Å². The van der Waals surface area contributed by atoms with Crippen LogP contribution in [0.5, 0.6) is 0 Å². The second-order valence-electron chi connectivity index (χ2n) is 7.39. The zero-order chi connectivity index (χ0) is 20.4. The van der Waals surface area contributed by atoms with Gasteiger partial charge >= 0.3 is 0 Å². The fourth-order valence-corrected chi connectivity index (χ4v) is 3.82. The number of rotatable bonds is 4. The van der Waals surface area contributed by atoms with E-state index in [1.54, 1.807) is 19.1 Å². The van der Waals surface area contributed by atoms with E-state index in [1.165, 1.54) is 29.2 Å². The number of halogens is 1. The third kappa shape index (κ3) is 3.51. The molecule has 2 amide bonds. The van der Waals surface area contributed by atoms with Crippen LogP contribution < -0.4 is 10.2 Å². The van der Waals surface area contributed by atoms with Gasteiger partial charge in [0.2, 0.25) is 5.91 Å². The van der Waals surface area contributed by atoms with E-state index in [1.807, 2.05) is 42.5 Å². The highest BCUT2D eigenvalue weighted by molar-refractivity contribution is 6.14. The quantitative estimate of drug-likeness (QED) is 0.731. The van der Waals surface area contributed by atoms with Crippen molar-refractivity contribution in [2.45, 2.75) is 25.4 Å². The lowest BCUT2D eigenvalue weighted by Crippen LogP contribution is -2.63. The predicted molar refractivity (Wildman–Crippen MR) is 110 cm³/mol. The summed E-state index contributed by atoms with van der Waals surface area (Å²) in [4.78, 5) is 28.1. The fourth-order valence-electron chi connectivity index (χ4n) is 3.82. The molecule has 0 unspecified atom stereocenters. The first-order valence-electron chi connectivity index (χ1n) is 9.49. The number of carbonyl (C=O) groups excluding carboxylic acids is 2. The van der Waals surface area contributed by atoms with E-state index < -0.39 is 11.4 Å². The van der Waals surface area contributed by atoms with Crippen LogP contribution in [0.2, 0.25) is 0 Å². The minimum atomic E-state index is -1.14. The molecule has 3 aromatic rings. The predicted octanol–water partition coefficient (Wildman–Crippen LogP) is 4.10. The maximum absolute atomic E-state index is 13.5. The van der Waals surface area contributed by atoms with Crippen molar-refractivity contribution >= 4 is 17.5 Å². The average Bonchev–Trinajstić information content (AvgIpc) is 2.74. The van der Waals surface area contributed by atoms with Crippen LogP contribution in [0, 0.1) is 5.82 Å². The van der Waals surface area contributed by atoms with E-state index in [4.69, 9.17) is 0 Å². The summed E-state index contributed by atoms with van der Waals surface area (Å²) in [6, 6.07) is 22.6. The molecule has 1 N–H and O–H groups in total. The van der Waals surface area contributed by atoms with Crippen molar-refractivity contribution in [2.75, 3.05) is 4.90 Å². The molecule has 1 atom stereocenters. The summed E-state index contributed by atoms with van der Waals surface area (Å²) in [7, 11) is 0. The van der Waals surface area contributed by atoms with Crippen LogP contribution in [-0.2, 0) is 17.8 Å². The summed E-state index contributed by atoms with van der Waals surface area (Å²) in [5, 5.41) is 2.96. The minimum Gasteiger partial charge on any atom is -0.350 e. The van der Waals surface area contributed by atoms with Crippen LogP contribution in [0.25, 0.3) is 0 Å². The van der Waals surface area contributed by atoms with Gasteiger partial charge in [0.25, 0.3) is 5.91 Å². The summed E-state index contributed by atoms with van der Waals surface area (Å²) < 4.78 is 13.5. The molecule has 0 aliphatic carbocycles. The van der Waals surface area contributed by atoms with Gasteiger partial charge in [-0.15, -0.1) is 0 Å². The van der Waals surface area contributed by atoms with Crippen molar-refractivity contribution < 1.29 is 14.0 Å². The summed E-state index contributed by atoms with van der Waals surface area (Å²) in [6.45, 7) is 2.12. The molecule has 0 spiro atoms. The summed E-state index contributed by atoms with van der Waals surface area (Å²) in [5.74, 6) is -0.918. The van der Waals surface area contributed by atoms with E-state index >= 15 is 0 Å². The number of anilines is 1. The number of hydrogen-bond acceptors (Lipinski definition) is 2. The van der Waals surface area contributed by atoms with Gasteiger partial charge in [-0.1, -0.05) is 48.5 Å². The highest BCUT2D eigenvalue weighted by Gasteiger charge is 2.47. The first-order chi connectivity index (χ1) is 14.0. The second-order valence-corrected chi connectivity index (χ2v) is 7.39. The molecule has 0 saturated carbocycles. The molecule has 1 aliphatic heterocycles. The van der Waals surface area contributed by atoms with Crippen LogP contribution in [0.15, 0.2) is 78.9 Å². The van der Waals surface area contributed by atoms with Gasteiger partial charge in [-0.2, -0.15) is 0 Å². The lowest BCUT2D eigenvalue weighted by molar-refractivity contribution is -0.126. The van der Waals surface area contributed by atoms with E-state index in [9.17, 15) is 14.0 Å². The zero-order valence-corrected chi connectivity index (χ0v) is 16.1. The topological polar surface area (TPSA) is 49.4 Å². The Morgan fingerprint density at radius 1 is 1.00 bits per heavy atom. The molecule has 1 heterocycles. The number of fused-ring (bicyclic) bond motifs is 1. The Kier molecular flexibility index (Phi) is 4.89. The maximum atomic E-state index is 13.5. The molecule has 0 radical (unpaired) electrons. The third-order valence-corrected chi connectivity index (χ3v) is 5.35. The molecule has 3 aromatic carbocycles. The SMILES string of the molecule is C[C@@]1(C(=O)NCc2ccccc2)Cc2ccccc2C(=O)N1c1ccc(F)cc1. The van der Waals surface area contributed by atoms with Crippen molar-refractivity contribution in [3.63, 3.8) is 0 Å². The van der Waals surface area contributed by atoms with Gasteiger partial charge in [-0.3, -0.25) is 14.5 Å². The van der Waals surface area contributed by atoms with E-state index in [-0.39, 0.29) is 11.8 Å².